The highest BCUT2D eigenvalue weighted by atomic mass is 32.2. The Morgan fingerprint density at radius 1 is 1.04 bits per heavy atom. The molecular formula is C22H26N2OS. The second-order valence-electron chi connectivity index (χ2n) is 7.00. The topological polar surface area (TPSA) is 36.4 Å². The normalized spacial score (nSPS) is 13.9. The third-order valence-corrected chi connectivity index (χ3v) is 5.60. The lowest BCUT2D eigenvalue weighted by molar-refractivity contribution is 0.0630. The van der Waals surface area contributed by atoms with Gasteiger partial charge in [-0.25, -0.2) is 4.98 Å². The maximum absolute atomic E-state index is 11.7. The van der Waals surface area contributed by atoms with Gasteiger partial charge in [0.2, 0.25) is 0 Å². The summed E-state index contributed by atoms with van der Waals surface area (Å²) >= 11 is 1.65. The molecular weight excluding hydrogens is 340 g/mol. The fourth-order valence-electron chi connectivity index (χ4n) is 3.27. The van der Waals surface area contributed by atoms with E-state index in [9.17, 15) is 5.11 Å². The number of aromatic nitrogens is 1. The maximum Gasteiger partial charge on any atom is 0.116 e. The molecule has 0 bridgehead atoms. The first-order chi connectivity index (χ1) is 12.4. The molecule has 4 heteroatoms. The quantitative estimate of drug-likeness (QED) is 0.654. The molecule has 3 rings (SSSR count). The summed E-state index contributed by atoms with van der Waals surface area (Å²) in [4.78, 5) is 6.90. The van der Waals surface area contributed by atoms with Gasteiger partial charge in [-0.15, -0.1) is 11.8 Å². The third kappa shape index (κ3) is 3.78. The van der Waals surface area contributed by atoms with Crippen molar-refractivity contribution in [2.75, 3.05) is 26.9 Å². The van der Waals surface area contributed by atoms with Gasteiger partial charge in [0.25, 0.3) is 0 Å². The zero-order chi connectivity index (χ0) is 18.7. The molecule has 0 aliphatic rings. The number of fused-ring (bicyclic) bond motifs is 1. The van der Waals surface area contributed by atoms with Crippen LogP contribution in [0.5, 0.6) is 0 Å². The number of hydrogen-bond acceptors (Lipinski definition) is 4. The van der Waals surface area contributed by atoms with Crippen molar-refractivity contribution >= 4 is 22.7 Å². The van der Waals surface area contributed by atoms with Gasteiger partial charge in [-0.3, -0.25) is 0 Å². The summed E-state index contributed by atoms with van der Waals surface area (Å²) in [7, 11) is 4.06. The number of pyridine rings is 1. The molecule has 3 nitrogen and oxygen atoms in total. The van der Waals surface area contributed by atoms with E-state index in [-0.39, 0.29) is 0 Å². The average molecular weight is 367 g/mol. The number of aliphatic hydroxyl groups is 1. The molecule has 2 aromatic carbocycles. The van der Waals surface area contributed by atoms with Gasteiger partial charge in [-0.1, -0.05) is 42.5 Å². The van der Waals surface area contributed by atoms with Crippen LogP contribution in [0.3, 0.4) is 0 Å². The lowest BCUT2D eigenvalue weighted by Crippen LogP contribution is -2.31. The summed E-state index contributed by atoms with van der Waals surface area (Å²) in [5.74, 6) is 0. The highest BCUT2D eigenvalue weighted by Gasteiger charge is 2.31. The van der Waals surface area contributed by atoms with E-state index < -0.39 is 5.60 Å². The number of hydrogen-bond donors (Lipinski definition) is 1. The van der Waals surface area contributed by atoms with Crippen LogP contribution in [0.4, 0.5) is 0 Å². The molecule has 0 fully saturated rings. The molecule has 0 spiro atoms. The molecule has 0 radical (unpaired) electrons. The van der Waals surface area contributed by atoms with Crippen LogP contribution in [-0.4, -0.2) is 41.9 Å². The minimum Gasteiger partial charge on any atom is -0.380 e. The van der Waals surface area contributed by atoms with Crippen LogP contribution in [0.15, 0.2) is 59.6 Å². The van der Waals surface area contributed by atoms with Crippen LogP contribution in [0.25, 0.3) is 10.9 Å². The number of benzene rings is 2. The lowest BCUT2D eigenvalue weighted by Gasteiger charge is -2.31. The standard InChI is InChI=1S/C22H26N2OS/c1-16-14-17-10-11-19(15-20(17)23-21(16)26-4)22(25,12-13-24(2)3)18-8-6-5-7-9-18/h5-11,14-15,25H,12-13H2,1-4H3. The van der Waals surface area contributed by atoms with Gasteiger partial charge in [-0.2, -0.15) is 0 Å². The largest absolute Gasteiger partial charge is 0.380 e. The molecule has 0 aliphatic carbocycles. The van der Waals surface area contributed by atoms with Gasteiger partial charge in [0.15, 0.2) is 0 Å². The smallest absolute Gasteiger partial charge is 0.116 e. The van der Waals surface area contributed by atoms with E-state index in [1.807, 2.05) is 62.8 Å². The van der Waals surface area contributed by atoms with Crippen LogP contribution in [0, 0.1) is 6.92 Å². The Labute approximate surface area is 160 Å². The molecule has 1 N–H and O–H groups in total. The molecule has 0 saturated heterocycles. The van der Waals surface area contributed by atoms with Crippen molar-refractivity contribution < 1.29 is 5.11 Å². The average Bonchev–Trinajstić information content (AvgIpc) is 2.65. The van der Waals surface area contributed by atoms with Crippen LogP contribution in [0.1, 0.15) is 23.1 Å². The molecule has 0 saturated carbocycles. The highest BCUT2D eigenvalue weighted by Crippen LogP contribution is 2.35. The zero-order valence-electron chi connectivity index (χ0n) is 15.9. The first-order valence-corrected chi connectivity index (χ1v) is 10.0. The SMILES string of the molecule is CSc1nc2cc(C(O)(CCN(C)C)c3ccccc3)ccc2cc1C. The summed E-state index contributed by atoms with van der Waals surface area (Å²) < 4.78 is 0. The fourth-order valence-corrected chi connectivity index (χ4v) is 3.84. The fraction of sp³-hybridized carbons (Fsp3) is 0.318. The van der Waals surface area contributed by atoms with Crippen molar-refractivity contribution in [3.8, 4) is 0 Å². The first kappa shape index (κ1) is 18.9. The number of nitrogens with zero attached hydrogens (tertiary/aromatic N) is 2. The van der Waals surface area contributed by atoms with Crippen molar-refractivity contribution in [2.45, 2.75) is 24.0 Å². The Morgan fingerprint density at radius 2 is 1.77 bits per heavy atom. The van der Waals surface area contributed by atoms with Crippen molar-refractivity contribution in [3.05, 3.63) is 71.3 Å². The van der Waals surface area contributed by atoms with Crippen molar-refractivity contribution in [3.63, 3.8) is 0 Å². The molecule has 1 unspecified atom stereocenters. The number of rotatable bonds is 6. The van der Waals surface area contributed by atoms with Gasteiger partial charge in [0.05, 0.1) is 10.5 Å². The molecule has 1 aromatic heterocycles. The predicted molar refractivity (Wildman–Crippen MR) is 111 cm³/mol. The van der Waals surface area contributed by atoms with Crippen molar-refractivity contribution in [1.82, 2.24) is 9.88 Å². The van der Waals surface area contributed by atoms with E-state index in [2.05, 4.69) is 24.0 Å². The van der Waals surface area contributed by atoms with Gasteiger partial charge in [-0.05, 0) is 62.5 Å². The molecule has 3 aromatic rings. The Morgan fingerprint density at radius 3 is 2.42 bits per heavy atom. The van der Waals surface area contributed by atoms with Crippen LogP contribution < -0.4 is 0 Å². The zero-order valence-corrected chi connectivity index (χ0v) is 16.7. The van der Waals surface area contributed by atoms with Gasteiger partial charge in [0.1, 0.15) is 5.60 Å². The third-order valence-electron chi connectivity index (χ3n) is 4.80. The summed E-state index contributed by atoms with van der Waals surface area (Å²) in [6.07, 6.45) is 2.67. The van der Waals surface area contributed by atoms with E-state index >= 15 is 0 Å². The van der Waals surface area contributed by atoms with Crippen LogP contribution >= 0.6 is 11.8 Å². The second-order valence-corrected chi connectivity index (χ2v) is 7.80. The summed E-state index contributed by atoms with van der Waals surface area (Å²) in [5, 5.41) is 13.8. The van der Waals surface area contributed by atoms with E-state index in [0.717, 1.165) is 33.6 Å². The molecule has 0 amide bonds. The maximum atomic E-state index is 11.7. The summed E-state index contributed by atoms with van der Waals surface area (Å²) in [6, 6.07) is 18.2. The van der Waals surface area contributed by atoms with E-state index in [1.165, 1.54) is 5.56 Å². The first-order valence-electron chi connectivity index (χ1n) is 8.82. The van der Waals surface area contributed by atoms with Crippen LogP contribution in [0.2, 0.25) is 0 Å². The predicted octanol–water partition coefficient (Wildman–Crippen LogP) is 4.45. The van der Waals surface area contributed by atoms with Crippen molar-refractivity contribution in [2.24, 2.45) is 0 Å². The summed E-state index contributed by atoms with van der Waals surface area (Å²) in [5.41, 5.74) is 2.88. The monoisotopic (exact) mass is 366 g/mol. The van der Waals surface area contributed by atoms with Gasteiger partial charge in [0, 0.05) is 11.9 Å². The lowest BCUT2D eigenvalue weighted by atomic mass is 9.83. The number of aryl methyl sites for hydroxylation is 1. The Bertz CT molecular complexity index is 895. The van der Waals surface area contributed by atoms with Crippen molar-refractivity contribution in [1.29, 1.82) is 0 Å². The molecule has 1 heterocycles. The van der Waals surface area contributed by atoms with Gasteiger partial charge < -0.3 is 10.0 Å². The molecule has 26 heavy (non-hydrogen) atoms. The minimum atomic E-state index is -1.04. The second kappa shape index (κ2) is 7.78. The molecule has 0 aliphatic heterocycles. The summed E-state index contributed by atoms with van der Waals surface area (Å²) in [6.45, 7) is 2.88. The van der Waals surface area contributed by atoms with Gasteiger partial charge >= 0.3 is 0 Å². The van der Waals surface area contributed by atoms with E-state index in [0.29, 0.717) is 6.42 Å². The molecule has 1 atom stereocenters. The molecule has 136 valence electrons. The Hall–Kier alpha value is -1.88. The Kier molecular flexibility index (Phi) is 5.66. The van der Waals surface area contributed by atoms with Crippen LogP contribution in [-0.2, 0) is 5.60 Å². The number of thioether (sulfide) groups is 1. The Balaban J connectivity index is 2.12. The van der Waals surface area contributed by atoms with E-state index in [1.54, 1.807) is 11.8 Å². The minimum absolute atomic E-state index is 0.622. The highest BCUT2D eigenvalue weighted by molar-refractivity contribution is 7.98. The van der Waals surface area contributed by atoms with E-state index in [4.69, 9.17) is 4.98 Å².